The Morgan fingerprint density at radius 3 is 2.47 bits per heavy atom. The second-order valence-corrected chi connectivity index (χ2v) is 10.2. The lowest BCUT2D eigenvalue weighted by Gasteiger charge is -2.34. The van der Waals surface area contributed by atoms with Crippen LogP contribution >= 0.6 is 0 Å². The minimum absolute atomic E-state index is 0.208. The molecule has 0 aliphatic carbocycles. The highest BCUT2D eigenvalue weighted by atomic mass is 32.2. The number of hydrogen-bond donors (Lipinski definition) is 3. The molecule has 0 spiro atoms. The number of fused-ring (bicyclic) bond motifs is 1. The fraction of sp³-hybridized carbons (Fsp3) is 0.304. The normalized spacial score (nSPS) is 15.8. The highest BCUT2D eigenvalue weighted by Gasteiger charge is 2.21. The van der Waals surface area contributed by atoms with Crippen LogP contribution in [0, 0.1) is 0 Å². The molecule has 2 heterocycles. The molecule has 1 saturated heterocycles. The lowest BCUT2D eigenvalue weighted by atomic mass is 10.1. The van der Waals surface area contributed by atoms with Crippen LogP contribution in [-0.4, -0.2) is 83.5 Å². The van der Waals surface area contributed by atoms with Crippen molar-refractivity contribution < 1.29 is 23.4 Å². The number of benzene rings is 2. The zero-order valence-electron chi connectivity index (χ0n) is 18.8. The van der Waals surface area contributed by atoms with Crippen molar-refractivity contribution in [2.24, 2.45) is 5.10 Å². The first-order valence-corrected chi connectivity index (χ1v) is 12.6. The number of hydrazone groups is 1. The molecule has 11 heteroatoms. The predicted octanol–water partition coefficient (Wildman–Crippen LogP) is 1.13. The van der Waals surface area contributed by atoms with E-state index < -0.39 is 10.0 Å². The topological polar surface area (TPSA) is 127 Å². The SMILES string of the molecule is CS(=O)(=O)n1cc(CN2CCN(CC(=O)N/N=C\c3ccc(O)c(O)c3)CC2)c2ccccc21. The van der Waals surface area contributed by atoms with E-state index in [4.69, 9.17) is 0 Å². The van der Waals surface area contributed by atoms with Crippen molar-refractivity contribution in [3.8, 4) is 11.5 Å². The van der Waals surface area contributed by atoms with Crippen molar-refractivity contribution in [2.45, 2.75) is 6.54 Å². The highest BCUT2D eigenvalue weighted by Crippen LogP contribution is 2.25. The fourth-order valence-corrected chi connectivity index (χ4v) is 4.84. The van der Waals surface area contributed by atoms with E-state index in [1.807, 2.05) is 29.2 Å². The number of aromatic nitrogens is 1. The molecule has 0 saturated carbocycles. The molecule has 1 fully saturated rings. The minimum Gasteiger partial charge on any atom is -0.504 e. The fourth-order valence-electron chi connectivity index (χ4n) is 4.00. The molecule has 1 aliphatic heterocycles. The van der Waals surface area contributed by atoms with E-state index in [9.17, 15) is 23.4 Å². The molecule has 180 valence electrons. The van der Waals surface area contributed by atoms with Crippen LogP contribution in [0.5, 0.6) is 11.5 Å². The van der Waals surface area contributed by atoms with E-state index in [-0.39, 0.29) is 24.0 Å². The van der Waals surface area contributed by atoms with E-state index >= 15 is 0 Å². The second kappa shape index (κ2) is 9.84. The largest absolute Gasteiger partial charge is 0.504 e. The standard InChI is InChI=1S/C23H27N5O5S/c1-34(32,33)28-15-18(19-4-2-3-5-20(19)28)14-26-8-10-27(11-9-26)16-23(31)25-24-13-17-6-7-21(29)22(30)12-17/h2-7,12-13,15,29-30H,8-11,14,16H2,1H3,(H,25,31)/b24-13-. The third-order valence-electron chi connectivity index (χ3n) is 5.75. The molecule has 3 aromatic rings. The van der Waals surface area contributed by atoms with Gasteiger partial charge in [-0.25, -0.2) is 17.8 Å². The third-order valence-corrected chi connectivity index (χ3v) is 6.76. The molecule has 34 heavy (non-hydrogen) atoms. The Hall–Kier alpha value is -3.41. The van der Waals surface area contributed by atoms with Gasteiger partial charge in [0, 0.05) is 44.3 Å². The van der Waals surface area contributed by atoms with Gasteiger partial charge in [0.15, 0.2) is 11.5 Å². The van der Waals surface area contributed by atoms with Gasteiger partial charge in [-0.05, 0) is 35.4 Å². The van der Waals surface area contributed by atoms with Crippen LogP contribution in [0.15, 0.2) is 53.8 Å². The first-order chi connectivity index (χ1) is 16.2. The molecule has 1 aliphatic rings. The number of carbonyl (C=O) groups is 1. The van der Waals surface area contributed by atoms with Crippen molar-refractivity contribution in [1.29, 1.82) is 0 Å². The number of phenolic OH excluding ortho intramolecular Hbond substituents is 2. The van der Waals surface area contributed by atoms with E-state index in [1.54, 1.807) is 12.3 Å². The smallest absolute Gasteiger partial charge is 0.254 e. The molecule has 3 N–H and O–H groups in total. The third kappa shape index (κ3) is 5.56. The molecule has 0 unspecified atom stereocenters. The molecule has 1 aromatic heterocycles. The maximum absolute atomic E-state index is 12.2. The van der Waals surface area contributed by atoms with Gasteiger partial charge < -0.3 is 10.2 Å². The summed E-state index contributed by atoms with van der Waals surface area (Å²) in [7, 11) is -3.39. The van der Waals surface area contributed by atoms with Gasteiger partial charge in [0.25, 0.3) is 5.91 Å². The lowest BCUT2D eigenvalue weighted by Crippen LogP contribution is -2.48. The number of nitrogens with zero attached hydrogens (tertiary/aromatic N) is 4. The molecular weight excluding hydrogens is 458 g/mol. The monoisotopic (exact) mass is 485 g/mol. The van der Waals surface area contributed by atoms with Gasteiger partial charge in [0.05, 0.1) is 24.5 Å². The van der Waals surface area contributed by atoms with Crippen LogP contribution in [0.25, 0.3) is 10.9 Å². The van der Waals surface area contributed by atoms with E-state index in [2.05, 4.69) is 15.4 Å². The summed E-state index contributed by atoms with van der Waals surface area (Å²) in [6.45, 7) is 3.75. The highest BCUT2D eigenvalue weighted by molar-refractivity contribution is 7.89. The van der Waals surface area contributed by atoms with E-state index in [0.29, 0.717) is 30.7 Å². The van der Waals surface area contributed by atoms with Gasteiger partial charge in [-0.15, -0.1) is 0 Å². The van der Waals surface area contributed by atoms with Crippen molar-refractivity contribution >= 4 is 33.0 Å². The number of nitrogens with one attached hydrogen (secondary N) is 1. The molecule has 2 aromatic carbocycles. The Morgan fingerprint density at radius 1 is 1.06 bits per heavy atom. The molecule has 0 bridgehead atoms. The number of hydrogen-bond acceptors (Lipinski definition) is 8. The van der Waals surface area contributed by atoms with E-state index in [0.717, 1.165) is 24.0 Å². The van der Waals surface area contributed by atoms with E-state index in [1.165, 1.54) is 28.6 Å². The van der Waals surface area contributed by atoms with Crippen LogP contribution in [0.3, 0.4) is 0 Å². The summed E-state index contributed by atoms with van der Waals surface area (Å²) >= 11 is 0. The Labute approximate surface area is 197 Å². The summed E-state index contributed by atoms with van der Waals surface area (Å²) in [6.07, 6.45) is 4.29. The van der Waals surface area contributed by atoms with Crippen molar-refractivity contribution in [1.82, 2.24) is 19.2 Å². The molecule has 0 atom stereocenters. The number of amides is 1. The van der Waals surface area contributed by atoms with Gasteiger partial charge in [-0.1, -0.05) is 18.2 Å². The van der Waals surface area contributed by atoms with Crippen LogP contribution in [0.1, 0.15) is 11.1 Å². The summed E-state index contributed by atoms with van der Waals surface area (Å²) in [5.74, 6) is -0.723. The van der Waals surface area contributed by atoms with Gasteiger partial charge >= 0.3 is 0 Å². The van der Waals surface area contributed by atoms with Crippen LogP contribution in [-0.2, 0) is 21.4 Å². The number of phenols is 2. The number of aromatic hydroxyl groups is 2. The molecule has 4 rings (SSSR count). The van der Waals surface area contributed by atoms with Crippen molar-refractivity contribution in [2.75, 3.05) is 39.0 Å². The zero-order valence-corrected chi connectivity index (χ0v) is 19.6. The van der Waals surface area contributed by atoms with Crippen LogP contribution < -0.4 is 5.43 Å². The predicted molar refractivity (Wildman–Crippen MR) is 129 cm³/mol. The quantitative estimate of drug-likeness (QED) is 0.260. The van der Waals surface area contributed by atoms with Crippen molar-refractivity contribution in [3.05, 3.63) is 59.8 Å². The number of carbonyl (C=O) groups excluding carboxylic acids is 1. The number of para-hydroxylation sites is 1. The van der Waals surface area contributed by atoms with Crippen molar-refractivity contribution in [3.63, 3.8) is 0 Å². The maximum atomic E-state index is 12.2. The molecule has 1 amide bonds. The maximum Gasteiger partial charge on any atom is 0.254 e. The van der Waals surface area contributed by atoms with Crippen LogP contribution in [0.4, 0.5) is 0 Å². The Balaban J connectivity index is 1.29. The Morgan fingerprint density at radius 2 is 1.76 bits per heavy atom. The average molecular weight is 486 g/mol. The number of piperazine rings is 1. The molecule has 10 nitrogen and oxygen atoms in total. The lowest BCUT2D eigenvalue weighted by molar-refractivity contribution is -0.122. The zero-order chi connectivity index (χ0) is 24.3. The first kappa shape index (κ1) is 23.7. The first-order valence-electron chi connectivity index (χ1n) is 10.8. The summed E-state index contributed by atoms with van der Waals surface area (Å²) in [6, 6.07) is 11.7. The summed E-state index contributed by atoms with van der Waals surface area (Å²) in [5, 5.41) is 23.6. The van der Waals surface area contributed by atoms with Crippen LogP contribution in [0.2, 0.25) is 0 Å². The van der Waals surface area contributed by atoms with Gasteiger partial charge in [-0.2, -0.15) is 5.10 Å². The average Bonchev–Trinajstić information content (AvgIpc) is 3.17. The van der Waals surface area contributed by atoms with Gasteiger partial charge in [0.1, 0.15) is 0 Å². The number of rotatable bonds is 7. The molecular formula is C23H27N5O5S. The Kier molecular flexibility index (Phi) is 6.87. The minimum atomic E-state index is -3.39. The molecule has 0 radical (unpaired) electrons. The summed E-state index contributed by atoms with van der Waals surface area (Å²) in [4.78, 5) is 16.5. The second-order valence-electron chi connectivity index (χ2n) is 8.32. The summed E-state index contributed by atoms with van der Waals surface area (Å²) < 4.78 is 25.6. The van der Waals surface area contributed by atoms with Gasteiger partial charge in [0.2, 0.25) is 10.0 Å². The van der Waals surface area contributed by atoms with Gasteiger partial charge in [-0.3, -0.25) is 14.6 Å². The summed E-state index contributed by atoms with van der Waals surface area (Å²) in [5.41, 5.74) is 4.65. The Bertz CT molecular complexity index is 1330.